The molecule has 0 radical (unpaired) electrons. The molecule has 0 N–H and O–H groups in total. The average Bonchev–Trinajstić information content (AvgIpc) is 2.76. The highest BCUT2D eigenvalue weighted by Crippen LogP contribution is 2.54. The molecule has 0 bridgehead atoms. The van der Waals surface area contributed by atoms with Crippen molar-refractivity contribution in [3.8, 4) is 5.75 Å². The Hall–Kier alpha value is -1.98. The van der Waals surface area contributed by atoms with Crippen molar-refractivity contribution < 1.29 is 14.3 Å². The third-order valence-electron chi connectivity index (χ3n) is 5.60. The minimum absolute atomic E-state index is 0.0653. The van der Waals surface area contributed by atoms with Crippen LogP contribution in [0.2, 0.25) is 5.02 Å². The van der Waals surface area contributed by atoms with Gasteiger partial charge in [0.1, 0.15) is 18.1 Å². The van der Waals surface area contributed by atoms with Crippen LogP contribution in [0.3, 0.4) is 0 Å². The molecule has 152 valence electrons. The molecule has 4 rings (SSSR count). The van der Waals surface area contributed by atoms with Gasteiger partial charge in [-0.25, -0.2) is 0 Å². The van der Waals surface area contributed by atoms with Crippen LogP contribution in [0.5, 0.6) is 5.75 Å². The standard InChI is InChI=1S/C23H24ClNO3S/c1-4-25-19-10-5-15(11-20(19)28-14-22(2,3)21(25)27)23(12-17(26)13-23)29-18-8-6-16(24)7-9-18/h5-11H,4,12-14H2,1-3H3. The molecule has 0 atom stereocenters. The molecule has 2 aromatic carbocycles. The first-order chi connectivity index (χ1) is 13.7. The maximum atomic E-state index is 12.9. The summed E-state index contributed by atoms with van der Waals surface area (Å²) in [4.78, 5) is 27.8. The van der Waals surface area contributed by atoms with E-state index in [0.29, 0.717) is 36.8 Å². The SMILES string of the molecule is CCN1C(=O)C(C)(C)COc2cc(C3(Sc4ccc(Cl)cc4)CC(=O)C3)ccc21. The van der Waals surface area contributed by atoms with Gasteiger partial charge < -0.3 is 9.64 Å². The van der Waals surface area contributed by atoms with E-state index in [-0.39, 0.29) is 16.4 Å². The number of hydrogen-bond acceptors (Lipinski definition) is 4. The zero-order valence-corrected chi connectivity index (χ0v) is 18.4. The van der Waals surface area contributed by atoms with Gasteiger partial charge >= 0.3 is 0 Å². The second-order valence-corrected chi connectivity index (χ2v) is 10.2. The molecule has 1 saturated carbocycles. The fourth-order valence-electron chi connectivity index (χ4n) is 3.89. The number of fused-ring (bicyclic) bond motifs is 1. The minimum Gasteiger partial charge on any atom is -0.490 e. The van der Waals surface area contributed by atoms with Crippen LogP contribution in [-0.2, 0) is 14.3 Å². The molecule has 4 nitrogen and oxygen atoms in total. The van der Waals surface area contributed by atoms with Crippen molar-refractivity contribution in [1.29, 1.82) is 0 Å². The maximum absolute atomic E-state index is 12.9. The predicted molar refractivity (Wildman–Crippen MR) is 117 cm³/mol. The van der Waals surface area contributed by atoms with Crippen LogP contribution in [0.4, 0.5) is 5.69 Å². The summed E-state index contributed by atoms with van der Waals surface area (Å²) in [6.07, 6.45) is 0.974. The van der Waals surface area contributed by atoms with Crippen molar-refractivity contribution in [2.45, 2.75) is 43.3 Å². The number of anilines is 1. The number of ether oxygens (including phenoxy) is 1. The summed E-state index contributed by atoms with van der Waals surface area (Å²) in [6.45, 7) is 6.70. The normalized spacial score (nSPS) is 19.8. The Morgan fingerprint density at radius 1 is 1.10 bits per heavy atom. The summed E-state index contributed by atoms with van der Waals surface area (Å²) in [6, 6.07) is 13.7. The lowest BCUT2D eigenvalue weighted by molar-refractivity contribution is -0.127. The van der Waals surface area contributed by atoms with Crippen LogP contribution in [0.1, 0.15) is 39.2 Å². The van der Waals surface area contributed by atoms with E-state index in [9.17, 15) is 9.59 Å². The molecule has 1 heterocycles. The number of nitrogens with zero attached hydrogens (tertiary/aromatic N) is 1. The molecular formula is C23H24ClNO3S. The molecule has 0 aromatic heterocycles. The summed E-state index contributed by atoms with van der Waals surface area (Å²) in [5, 5.41) is 0.693. The number of amides is 1. The molecule has 1 aliphatic heterocycles. The number of benzene rings is 2. The smallest absolute Gasteiger partial charge is 0.236 e. The van der Waals surface area contributed by atoms with Crippen LogP contribution < -0.4 is 9.64 Å². The van der Waals surface area contributed by atoms with Gasteiger partial charge in [0, 0.05) is 29.3 Å². The zero-order valence-electron chi connectivity index (χ0n) is 16.8. The lowest BCUT2D eigenvalue weighted by atomic mass is 9.77. The molecule has 2 aliphatic rings. The lowest BCUT2D eigenvalue weighted by Crippen LogP contribution is -2.42. The Kier molecular flexibility index (Phi) is 5.16. The van der Waals surface area contributed by atoms with E-state index >= 15 is 0 Å². The molecule has 1 fully saturated rings. The highest BCUT2D eigenvalue weighted by atomic mass is 35.5. The van der Waals surface area contributed by atoms with Crippen molar-refractivity contribution in [3.63, 3.8) is 0 Å². The van der Waals surface area contributed by atoms with E-state index in [0.717, 1.165) is 16.1 Å². The van der Waals surface area contributed by atoms with Gasteiger partial charge in [0.05, 0.1) is 15.8 Å². The zero-order chi connectivity index (χ0) is 20.8. The van der Waals surface area contributed by atoms with E-state index in [2.05, 4.69) is 0 Å². The van der Waals surface area contributed by atoms with E-state index in [1.54, 1.807) is 16.7 Å². The number of carbonyl (C=O) groups excluding carboxylic acids is 2. The largest absolute Gasteiger partial charge is 0.490 e. The van der Waals surface area contributed by atoms with E-state index in [4.69, 9.17) is 16.3 Å². The Labute approximate surface area is 180 Å². The number of rotatable bonds is 4. The van der Waals surface area contributed by atoms with Crippen LogP contribution in [0, 0.1) is 5.41 Å². The Morgan fingerprint density at radius 3 is 2.41 bits per heavy atom. The number of thioether (sulfide) groups is 1. The number of carbonyl (C=O) groups is 2. The Balaban J connectivity index is 1.71. The van der Waals surface area contributed by atoms with Gasteiger partial charge in [-0.1, -0.05) is 17.7 Å². The monoisotopic (exact) mass is 429 g/mol. The van der Waals surface area contributed by atoms with Crippen LogP contribution >= 0.6 is 23.4 Å². The Morgan fingerprint density at radius 2 is 1.79 bits per heavy atom. The molecule has 29 heavy (non-hydrogen) atoms. The fraction of sp³-hybridized carbons (Fsp3) is 0.391. The van der Waals surface area contributed by atoms with Crippen LogP contribution in [0.15, 0.2) is 47.4 Å². The first-order valence-corrected chi connectivity index (χ1v) is 11.0. The van der Waals surface area contributed by atoms with Crippen molar-refractivity contribution >= 4 is 40.7 Å². The number of ketones is 1. The summed E-state index contributed by atoms with van der Waals surface area (Å²) in [5.74, 6) is 1.03. The number of Topliss-reactive ketones (excluding diaryl/α,β-unsaturated/α-hetero) is 1. The minimum atomic E-state index is -0.586. The van der Waals surface area contributed by atoms with Crippen molar-refractivity contribution in [1.82, 2.24) is 0 Å². The highest BCUT2D eigenvalue weighted by molar-refractivity contribution is 8.00. The van der Waals surface area contributed by atoms with Crippen molar-refractivity contribution in [2.75, 3.05) is 18.1 Å². The van der Waals surface area contributed by atoms with Gasteiger partial charge in [-0.15, -0.1) is 11.8 Å². The molecule has 2 aromatic rings. The second kappa shape index (κ2) is 7.37. The first kappa shape index (κ1) is 20.3. The number of halogens is 1. The first-order valence-electron chi connectivity index (χ1n) is 9.80. The molecule has 1 amide bonds. The van der Waals surface area contributed by atoms with Gasteiger partial charge in [0.25, 0.3) is 0 Å². The molecule has 0 saturated heterocycles. The van der Waals surface area contributed by atoms with Crippen molar-refractivity contribution in [2.24, 2.45) is 5.41 Å². The highest BCUT2D eigenvalue weighted by Gasteiger charge is 2.47. The topological polar surface area (TPSA) is 46.6 Å². The predicted octanol–water partition coefficient (Wildman–Crippen LogP) is 5.46. The van der Waals surface area contributed by atoms with Crippen LogP contribution in [-0.4, -0.2) is 24.8 Å². The summed E-state index contributed by atoms with van der Waals surface area (Å²) < 4.78 is 5.78. The third kappa shape index (κ3) is 3.66. The molecule has 1 aliphatic carbocycles. The third-order valence-corrected chi connectivity index (χ3v) is 7.27. The fourth-order valence-corrected chi connectivity index (χ4v) is 5.45. The average molecular weight is 430 g/mol. The maximum Gasteiger partial charge on any atom is 0.236 e. The number of hydrogen-bond donors (Lipinski definition) is 0. The van der Waals surface area contributed by atoms with Gasteiger partial charge in [0.15, 0.2) is 0 Å². The van der Waals surface area contributed by atoms with E-state index < -0.39 is 5.41 Å². The molecule has 0 unspecified atom stereocenters. The molecule has 6 heteroatoms. The van der Waals surface area contributed by atoms with Gasteiger partial charge in [-0.3, -0.25) is 9.59 Å². The lowest BCUT2D eigenvalue weighted by Gasteiger charge is -2.40. The second-order valence-electron chi connectivity index (χ2n) is 8.35. The van der Waals surface area contributed by atoms with Gasteiger partial charge in [-0.2, -0.15) is 0 Å². The van der Waals surface area contributed by atoms with E-state index in [1.807, 2.05) is 63.2 Å². The summed E-state index contributed by atoms with van der Waals surface area (Å²) in [5.41, 5.74) is 1.26. The quantitative estimate of drug-likeness (QED) is 0.647. The van der Waals surface area contributed by atoms with Gasteiger partial charge in [-0.05, 0) is 62.7 Å². The van der Waals surface area contributed by atoms with E-state index in [1.165, 1.54) is 0 Å². The van der Waals surface area contributed by atoms with Crippen molar-refractivity contribution in [3.05, 3.63) is 53.1 Å². The summed E-state index contributed by atoms with van der Waals surface area (Å²) >= 11 is 7.71. The molecule has 0 spiro atoms. The molecular weight excluding hydrogens is 406 g/mol. The van der Waals surface area contributed by atoms with Crippen LogP contribution in [0.25, 0.3) is 0 Å². The Bertz CT molecular complexity index is 963. The summed E-state index contributed by atoms with van der Waals surface area (Å²) in [7, 11) is 0. The van der Waals surface area contributed by atoms with Gasteiger partial charge in [0.2, 0.25) is 5.91 Å².